The molecule has 5 heteroatoms. The van der Waals surface area contributed by atoms with Crippen LogP contribution in [0.4, 0.5) is 10.2 Å². The molecule has 128 valence electrons. The number of hydrogen-bond donors (Lipinski definition) is 0. The Kier molecular flexibility index (Phi) is 3.97. The van der Waals surface area contributed by atoms with Gasteiger partial charge in [-0.25, -0.2) is 14.4 Å². The van der Waals surface area contributed by atoms with Crippen molar-refractivity contribution in [3.05, 3.63) is 95.4 Å². The topological polar surface area (TPSA) is 36.4 Å². The molecule has 0 unspecified atom stereocenters. The summed E-state index contributed by atoms with van der Waals surface area (Å²) in [5.41, 5.74) is 2.58. The van der Waals surface area contributed by atoms with E-state index in [0.717, 1.165) is 5.56 Å². The number of halogens is 1. The molecule has 0 fully saturated rings. The fraction of sp³-hybridized carbons (Fsp3) is 0.0476. The summed E-state index contributed by atoms with van der Waals surface area (Å²) in [6.07, 6.45) is 3.54. The standard InChI is InChI=1S/C21H16FN3O/c1-24(20-9-5-6-12-23-20)25-19(13-15-7-3-2-4-8-15)18-14-16(22)10-11-17(18)21(25)26/h2-14H,1H3. The Morgan fingerprint density at radius 2 is 1.77 bits per heavy atom. The lowest BCUT2D eigenvalue weighted by Crippen LogP contribution is -2.39. The zero-order valence-corrected chi connectivity index (χ0v) is 14.1. The Morgan fingerprint density at radius 3 is 2.50 bits per heavy atom. The molecule has 1 aliphatic rings. The molecule has 0 bridgehead atoms. The Morgan fingerprint density at radius 1 is 1.00 bits per heavy atom. The zero-order valence-electron chi connectivity index (χ0n) is 14.1. The molecule has 1 amide bonds. The van der Waals surface area contributed by atoms with Gasteiger partial charge in [-0.2, -0.15) is 0 Å². The van der Waals surface area contributed by atoms with Gasteiger partial charge >= 0.3 is 0 Å². The molecule has 4 rings (SSSR count). The van der Waals surface area contributed by atoms with Crippen LogP contribution in [0.1, 0.15) is 21.5 Å². The molecule has 1 aliphatic heterocycles. The van der Waals surface area contributed by atoms with E-state index in [9.17, 15) is 9.18 Å². The molecule has 3 aromatic rings. The Balaban J connectivity index is 1.87. The van der Waals surface area contributed by atoms with Crippen molar-refractivity contribution in [3.8, 4) is 0 Å². The first-order chi connectivity index (χ1) is 12.6. The fourth-order valence-electron chi connectivity index (χ4n) is 3.04. The maximum absolute atomic E-state index is 13.9. The number of carbonyl (C=O) groups is 1. The average molecular weight is 345 g/mol. The van der Waals surface area contributed by atoms with E-state index in [-0.39, 0.29) is 11.7 Å². The number of rotatable bonds is 3. The SMILES string of the molecule is CN(c1ccccn1)N1C(=O)c2ccc(F)cc2C1=Cc1ccccc1. The summed E-state index contributed by atoms with van der Waals surface area (Å²) in [6, 6.07) is 19.4. The van der Waals surface area contributed by atoms with E-state index >= 15 is 0 Å². The second-order valence-corrected chi connectivity index (χ2v) is 5.96. The summed E-state index contributed by atoms with van der Waals surface area (Å²) < 4.78 is 13.9. The van der Waals surface area contributed by atoms with Crippen molar-refractivity contribution in [2.24, 2.45) is 0 Å². The van der Waals surface area contributed by atoms with Gasteiger partial charge in [-0.15, -0.1) is 0 Å². The Hall–Kier alpha value is -3.47. The second-order valence-electron chi connectivity index (χ2n) is 5.96. The summed E-state index contributed by atoms with van der Waals surface area (Å²) in [4.78, 5) is 17.3. The average Bonchev–Trinajstić information content (AvgIpc) is 2.94. The molecule has 0 atom stereocenters. The van der Waals surface area contributed by atoms with Gasteiger partial charge in [-0.1, -0.05) is 36.4 Å². The highest BCUT2D eigenvalue weighted by molar-refractivity contribution is 6.12. The van der Waals surface area contributed by atoms with E-state index in [1.54, 1.807) is 18.3 Å². The van der Waals surface area contributed by atoms with Crippen molar-refractivity contribution in [2.75, 3.05) is 12.1 Å². The van der Waals surface area contributed by atoms with Crippen LogP contribution in [-0.4, -0.2) is 22.9 Å². The number of fused-ring (bicyclic) bond motifs is 1. The maximum Gasteiger partial charge on any atom is 0.277 e. The van der Waals surface area contributed by atoms with Crippen LogP contribution in [0.15, 0.2) is 72.9 Å². The van der Waals surface area contributed by atoms with E-state index in [1.165, 1.54) is 23.2 Å². The van der Waals surface area contributed by atoms with E-state index in [1.807, 2.05) is 54.6 Å². The first kappa shape index (κ1) is 16.0. The lowest BCUT2D eigenvalue weighted by Gasteiger charge is -2.30. The minimum absolute atomic E-state index is 0.213. The van der Waals surface area contributed by atoms with Crippen molar-refractivity contribution in [1.29, 1.82) is 0 Å². The van der Waals surface area contributed by atoms with Crippen LogP contribution in [0.2, 0.25) is 0 Å². The van der Waals surface area contributed by atoms with Crippen LogP contribution in [-0.2, 0) is 0 Å². The quantitative estimate of drug-likeness (QED) is 0.713. The molecule has 0 N–H and O–H groups in total. The highest BCUT2D eigenvalue weighted by atomic mass is 19.1. The number of pyridine rings is 1. The summed E-state index contributed by atoms with van der Waals surface area (Å²) in [5.74, 6) is 0.0290. The first-order valence-corrected chi connectivity index (χ1v) is 8.21. The molecule has 2 heterocycles. The molecule has 4 nitrogen and oxygen atoms in total. The summed E-state index contributed by atoms with van der Waals surface area (Å²) in [7, 11) is 1.77. The summed E-state index contributed by atoms with van der Waals surface area (Å²) >= 11 is 0. The lowest BCUT2D eigenvalue weighted by atomic mass is 10.1. The van der Waals surface area contributed by atoms with Gasteiger partial charge in [0.25, 0.3) is 5.91 Å². The van der Waals surface area contributed by atoms with Crippen molar-refractivity contribution >= 4 is 23.5 Å². The largest absolute Gasteiger partial charge is 0.277 e. The number of aromatic nitrogens is 1. The van der Waals surface area contributed by atoms with Gasteiger partial charge in [-0.05, 0) is 42.0 Å². The van der Waals surface area contributed by atoms with Crippen LogP contribution in [0.5, 0.6) is 0 Å². The third kappa shape index (κ3) is 2.73. The van der Waals surface area contributed by atoms with Gasteiger partial charge in [-0.3, -0.25) is 9.80 Å². The highest BCUT2D eigenvalue weighted by Gasteiger charge is 2.36. The molecule has 0 radical (unpaired) electrons. The molecule has 26 heavy (non-hydrogen) atoms. The predicted molar refractivity (Wildman–Crippen MR) is 99.5 cm³/mol. The van der Waals surface area contributed by atoms with E-state index in [0.29, 0.717) is 22.6 Å². The van der Waals surface area contributed by atoms with E-state index in [2.05, 4.69) is 4.98 Å². The molecule has 2 aromatic carbocycles. The third-order valence-electron chi connectivity index (χ3n) is 4.29. The van der Waals surface area contributed by atoms with Crippen LogP contribution >= 0.6 is 0 Å². The molecule has 1 aromatic heterocycles. The van der Waals surface area contributed by atoms with Crippen molar-refractivity contribution in [3.63, 3.8) is 0 Å². The summed E-state index contributed by atoms with van der Waals surface area (Å²) in [6.45, 7) is 0. The van der Waals surface area contributed by atoms with Crippen LogP contribution in [0, 0.1) is 5.82 Å². The van der Waals surface area contributed by atoms with E-state index in [4.69, 9.17) is 0 Å². The maximum atomic E-state index is 13.9. The molecule has 0 spiro atoms. The normalized spacial score (nSPS) is 14.6. The number of amides is 1. The Bertz CT molecular complexity index is 987. The minimum Gasteiger partial charge on any atom is -0.267 e. The number of hydrazine groups is 1. The van der Waals surface area contributed by atoms with Gasteiger partial charge in [0.15, 0.2) is 0 Å². The monoisotopic (exact) mass is 345 g/mol. The van der Waals surface area contributed by atoms with Crippen molar-refractivity contribution < 1.29 is 9.18 Å². The lowest BCUT2D eigenvalue weighted by molar-refractivity contribution is 0.0844. The zero-order chi connectivity index (χ0) is 18.1. The van der Waals surface area contributed by atoms with Gasteiger partial charge in [0.05, 0.1) is 11.3 Å². The minimum atomic E-state index is -0.377. The smallest absolute Gasteiger partial charge is 0.267 e. The predicted octanol–water partition coefficient (Wildman–Crippen LogP) is 4.23. The number of hydrogen-bond acceptors (Lipinski definition) is 3. The van der Waals surface area contributed by atoms with Crippen LogP contribution < -0.4 is 5.01 Å². The van der Waals surface area contributed by atoms with Gasteiger partial charge in [0.1, 0.15) is 11.6 Å². The van der Waals surface area contributed by atoms with Crippen molar-refractivity contribution in [1.82, 2.24) is 9.99 Å². The molecular weight excluding hydrogens is 329 g/mol. The summed E-state index contributed by atoms with van der Waals surface area (Å²) in [5, 5.41) is 3.20. The van der Waals surface area contributed by atoms with Gasteiger partial charge in [0.2, 0.25) is 0 Å². The van der Waals surface area contributed by atoms with Gasteiger partial charge < -0.3 is 0 Å². The van der Waals surface area contributed by atoms with Gasteiger partial charge in [0, 0.05) is 18.8 Å². The number of anilines is 1. The molecule has 0 saturated carbocycles. The number of carbonyl (C=O) groups excluding carboxylic acids is 1. The van der Waals surface area contributed by atoms with Crippen LogP contribution in [0.3, 0.4) is 0 Å². The van der Waals surface area contributed by atoms with E-state index < -0.39 is 0 Å². The fourth-order valence-corrected chi connectivity index (χ4v) is 3.04. The van der Waals surface area contributed by atoms with Crippen molar-refractivity contribution in [2.45, 2.75) is 0 Å². The first-order valence-electron chi connectivity index (χ1n) is 8.21. The molecular formula is C21H16FN3O. The highest BCUT2D eigenvalue weighted by Crippen LogP contribution is 2.36. The number of benzene rings is 2. The number of nitrogens with zero attached hydrogens (tertiary/aromatic N) is 3. The third-order valence-corrected chi connectivity index (χ3v) is 4.29. The Labute approximate surface area is 150 Å². The second kappa shape index (κ2) is 6.44. The molecule has 0 aliphatic carbocycles. The van der Waals surface area contributed by atoms with Crippen LogP contribution in [0.25, 0.3) is 11.8 Å². The molecule has 0 saturated heterocycles.